The molecule has 0 saturated heterocycles. The van der Waals surface area contributed by atoms with Gasteiger partial charge in [-0.25, -0.2) is 18.5 Å². The lowest BCUT2D eigenvalue weighted by molar-refractivity contribution is -0.113. The van der Waals surface area contributed by atoms with E-state index in [9.17, 15) is 18.0 Å². The number of aryl methyl sites for hydroxylation is 1. The first kappa shape index (κ1) is 24.0. The number of fused-ring (bicyclic) bond motifs is 1. The predicted molar refractivity (Wildman–Crippen MR) is 134 cm³/mol. The summed E-state index contributed by atoms with van der Waals surface area (Å²) in [6.07, 6.45) is 0. The van der Waals surface area contributed by atoms with Gasteiger partial charge in [-0.2, -0.15) is 0 Å². The zero-order valence-corrected chi connectivity index (χ0v) is 20.2. The fraction of sp³-hybridized carbons (Fsp3) is 0.0870. The van der Waals surface area contributed by atoms with Crippen LogP contribution in [0.15, 0.2) is 81.6 Å². The molecule has 3 N–H and O–H groups in total. The Morgan fingerprint density at radius 1 is 1.12 bits per heavy atom. The van der Waals surface area contributed by atoms with E-state index in [2.05, 4.69) is 10.3 Å². The van der Waals surface area contributed by atoms with Crippen molar-refractivity contribution in [3.8, 4) is 5.69 Å². The Bertz CT molecular complexity index is 1570. The van der Waals surface area contributed by atoms with Crippen LogP contribution in [-0.4, -0.2) is 29.6 Å². The molecule has 0 aliphatic rings. The third kappa shape index (κ3) is 5.15. The van der Waals surface area contributed by atoms with E-state index in [1.54, 1.807) is 36.4 Å². The molecule has 4 rings (SSSR count). The number of nitrogens with two attached hydrogens (primary N) is 1. The fourth-order valence-corrected chi connectivity index (χ4v) is 4.72. The zero-order valence-electron chi connectivity index (χ0n) is 17.9. The number of carbonyl (C=O) groups is 1. The molecule has 1 amide bonds. The number of hydrogen-bond acceptors (Lipinski definition) is 6. The molecule has 4 aromatic rings. The molecule has 11 heteroatoms. The molecule has 174 valence electrons. The zero-order chi connectivity index (χ0) is 24.5. The summed E-state index contributed by atoms with van der Waals surface area (Å²) in [5, 5.41) is 9.07. The molecule has 0 unspecified atom stereocenters. The Morgan fingerprint density at radius 2 is 1.82 bits per heavy atom. The number of benzene rings is 3. The van der Waals surface area contributed by atoms with Crippen LogP contribution in [0.5, 0.6) is 0 Å². The second kappa shape index (κ2) is 9.59. The second-order valence-corrected chi connectivity index (χ2v) is 10.3. The standard InChI is InChI=1S/C23H19ClN4O4S2/c1-14-6-9-16(12-19(14)24)28-22(30)18-4-2-3-5-20(18)27-23(28)33-13-21(29)26-15-7-10-17(11-8-15)34(25,31)32/h2-12H,13H2,1H3,(H,26,29)(H2,25,31,32). The number of halogens is 1. The molecule has 0 aliphatic carbocycles. The van der Waals surface area contributed by atoms with Crippen LogP contribution < -0.4 is 16.0 Å². The molecular weight excluding hydrogens is 496 g/mol. The van der Waals surface area contributed by atoms with Gasteiger partial charge in [0, 0.05) is 10.7 Å². The molecule has 0 fully saturated rings. The highest BCUT2D eigenvalue weighted by molar-refractivity contribution is 7.99. The van der Waals surface area contributed by atoms with E-state index in [0.29, 0.717) is 32.5 Å². The van der Waals surface area contributed by atoms with Gasteiger partial charge in [-0.1, -0.05) is 41.6 Å². The minimum atomic E-state index is -3.82. The number of amides is 1. The molecule has 0 bridgehead atoms. The van der Waals surface area contributed by atoms with Gasteiger partial charge in [0.2, 0.25) is 15.9 Å². The quantitative estimate of drug-likeness (QED) is 0.298. The maximum atomic E-state index is 13.3. The number of thioether (sulfide) groups is 1. The highest BCUT2D eigenvalue weighted by Crippen LogP contribution is 2.25. The number of primary sulfonamides is 1. The van der Waals surface area contributed by atoms with Crippen LogP contribution in [0.3, 0.4) is 0 Å². The van der Waals surface area contributed by atoms with Crippen LogP contribution in [-0.2, 0) is 14.8 Å². The molecular formula is C23H19ClN4O4S2. The Hall–Kier alpha value is -3.18. The van der Waals surface area contributed by atoms with Gasteiger partial charge in [0.1, 0.15) is 0 Å². The third-order valence-corrected chi connectivity index (χ3v) is 7.23. The first-order valence-corrected chi connectivity index (χ1v) is 12.9. The SMILES string of the molecule is Cc1ccc(-n2c(SCC(=O)Nc3ccc(S(N)(=O)=O)cc3)nc3ccccc3c2=O)cc1Cl. The van der Waals surface area contributed by atoms with Crippen molar-refractivity contribution in [2.24, 2.45) is 5.14 Å². The number of nitrogens with one attached hydrogen (secondary N) is 1. The summed E-state index contributed by atoms with van der Waals surface area (Å²) >= 11 is 7.39. The van der Waals surface area contributed by atoms with Crippen molar-refractivity contribution >= 4 is 55.9 Å². The minimum absolute atomic E-state index is 0.0404. The molecule has 0 saturated carbocycles. The molecule has 0 radical (unpaired) electrons. The fourth-order valence-electron chi connectivity index (χ4n) is 3.21. The van der Waals surface area contributed by atoms with Gasteiger partial charge in [0.05, 0.1) is 27.2 Å². The van der Waals surface area contributed by atoms with Crippen molar-refractivity contribution < 1.29 is 13.2 Å². The largest absolute Gasteiger partial charge is 0.325 e. The number of rotatable bonds is 6. The van der Waals surface area contributed by atoms with Gasteiger partial charge in [-0.3, -0.25) is 14.2 Å². The Kier molecular flexibility index (Phi) is 6.76. The van der Waals surface area contributed by atoms with E-state index in [1.165, 1.54) is 28.8 Å². The molecule has 1 aromatic heterocycles. The van der Waals surface area contributed by atoms with E-state index in [1.807, 2.05) is 13.0 Å². The first-order valence-electron chi connectivity index (χ1n) is 9.97. The number of para-hydroxylation sites is 1. The molecule has 8 nitrogen and oxygen atoms in total. The number of aromatic nitrogens is 2. The van der Waals surface area contributed by atoms with Crippen molar-refractivity contribution in [3.05, 3.63) is 87.7 Å². The lowest BCUT2D eigenvalue weighted by Gasteiger charge is -2.14. The van der Waals surface area contributed by atoms with Crippen molar-refractivity contribution in [2.45, 2.75) is 17.0 Å². The van der Waals surface area contributed by atoms with Crippen molar-refractivity contribution in [1.82, 2.24) is 9.55 Å². The second-order valence-electron chi connectivity index (χ2n) is 7.39. The summed E-state index contributed by atoms with van der Waals surface area (Å²) in [7, 11) is -3.82. The maximum Gasteiger partial charge on any atom is 0.266 e. The topological polar surface area (TPSA) is 124 Å². The van der Waals surface area contributed by atoms with Crippen LogP contribution in [0, 0.1) is 6.92 Å². The van der Waals surface area contributed by atoms with E-state index < -0.39 is 10.0 Å². The van der Waals surface area contributed by atoms with Gasteiger partial charge < -0.3 is 5.32 Å². The number of hydrogen-bond donors (Lipinski definition) is 2. The van der Waals surface area contributed by atoms with Gasteiger partial charge >= 0.3 is 0 Å². The molecule has 1 heterocycles. The third-order valence-electron chi connectivity index (χ3n) is 4.96. The lowest BCUT2D eigenvalue weighted by Crippen LogP contribution is -2.23. The lowest BCUT2D eigenvalue weighted by atomic mass is 10.2. The number of carbonyl (C=O) groups excluding carboxylic acids is 1. The average Bonchev–Trinajstić information content (AvgIpc) is 2.79. The molecule has 34 heavy (non-hydrogen) atoms. The Balaban J connectivity index is 1.62. The van der Waals surface area contributed by atoms with Crippen LogP contribution >= 0.6 is 23.4 Å². The number of nitrogens with zero attached hydrogens (tertiary/aromatic N) is 2. The van der Waals surface area contributed by atoms with Crippen molar-refractivity contribution in [2.75, 3.05) is 11.1 Å². The van der Waals surface area contributed by atoms with E-state index in [4.69, 9.17) is 16.7 Å². The highest BCUT2D eigenvalue weighted by Gasteiger charge is 2.16. The van der Waals surface area contributed by atoms with E-state index in [0.717, 1.165) is 17.3 Å². The average molecular weight is 515 g/mol. The number of sulfonamides is 1. The predicted octanol–water partition coefficient (Wildman–Crippen LogP) is 3.73. The Morgan fingerprint density at radius 3 is 2.50 bits per heavy atom. The van der Waals surface area contributed by atoms with Gasteiger partial charge in [-0.05, 0) is 61.0 Å². The molecule has 0 atom stereocenters. The van der Waals surface area contributed by atoms with Gasteiger partial charge in [-0.15, -0.1) is 0 Å². The molecule has 3 aromatic carbocycles. The number of anilines is 1. The van der Waals surface area contributed by atoms with Crippen LogP contribution in [0.2, 0.25) is 5.02 Å². The van der Waals surface area contributed by atoms with Crippen LogP contribution in [0.4, 0.5) is 5.69 Å². The first-order chi connectivity index (χ1) is 16.1. The van der Waals surface area contributed by atoms with Gasteiger partial charge in [0.15, 0.2) is 5.16 Å². The summed E-state index contributed by atoms with van der Waals surface area (Å²) in [5.41, 5.74) is 2.07. The minimum Gasteiger partial charge on any atom is -0.325 e. The molecule has 0 spiro atoms. The van der Waals surface area contributed by atoms with Crippen molar-refractivity contribution in [1.29, 1.82) is 0 Å². The summed E-state index contributed by atoms with van der Waals surface area (Å²) in [5.74, 6) is -0.398. The normalized spacial score (nSPS) is 11.5. The Labute approximate surface area is 204 Å². The van der Waals surface area contributed by atoms with E-state index in [-0.39, 0.29) is 22.1 Å². The summed E-state index contributed by atoms with van der Waals surface area (Å²) in [4.78, 5) is 30.4. The highest BCUT2D eigenvalue weighted by atomic mass is 35.5. The summed E-state index contributed by atoms with van der Waals surface area (Å²) < 4.78 is 24.2. The monoisotopic (exact) mass is 514 g/mol. The molecule has 0 aliphatic heterocycles. The summed E-state index contributed by atoms with van der Waals surface area (Å²) in [6.45, 7) is 1.86. The van der Waals surface area contributed by atoms with Crippen LogP contribution in [0.25, 0.3) is 16.6 Å². The van der Waals surface area contributed by atoms with Gasteiger partial charge in [0.25, 0.3) is 5.56 Å². The van der Waals surface area contributed by atoms with Crippen LogP contribution in [0.1, 0.15) is 5.56 Å². The smallest absolute Gasteiger partial charge is 0.266 e. The summed E-state index contributed by atoms with van der Waals surface area (Å²) in [6, 6.07) is 17.8. The van der Waals surface area contributed by atoms with Crippen molar-refractivity contribution in [3.63, 3.8) is 0 Å². The van der Waals surface area contributed by atoms with E-state index >= 15 is 0 Å². The maximum absolute atomic E-state index is 13.3.